The second-order valence-corrected chi connectivity index (χ2v) is 5.61. The van der Waals surface area contributed by atoms with Crippen LogP contribution in [0, 0.1) is 5.41 Å². The second kappa shape index (κ2) is 12.2. The van der Waals surface area contributed by atoms with Crippen molar-refractivity contribution in [2.75, 3.05) is 33.0 Å². The van der Waals surface area contributed by atoms with Crippen LogP contribution in [0.4, 0.5) is 0 Å². The second-order valence-electron chi connectivity index (χ2n) is 5.61. The van der Waals surface area contributed by atoms with E-state index < -0.39 is 23.3 Å². The van der Waals surface area contributed by atoms with Gasteiger partial charge in [-0.05, 0) is 26.7 Å². The molecule has 0 aromatic rings. The molecule has 0 spiro atoms. The molecule has 0 unspecified atom stereocenters. The number of ether oxygens (including phenoxy) is 3. The summed E-state index contributed by atoms with van der Waals surface area (Å²) >= 11 is 0. The van der Waals surface area contributed by atoms with Crippen molar-refractivity contribution in [1.29, 1.82) is 0 Å². The maximum absolute atomic E-state index is 10.7. The molecular formula is C16H30O9. The maximum atomic E-state index is 10.7. The van der Waals surface area contributed by atoms with Crippen molar-refractivity contribution < 1.29 is 44.2 Å². The fourth-order valence-corrected chi connectivity index (χ4v) is 2.52. The van der Waals surface area contributed by atoms with Crippen LogP contribution in [0.5, 0.6) is 0 Å². The van der Waals surface area contributed by atoms with Gasteiger partial charge in [0.15, 0.2) is 5.41 Å². The molecule has 1 fully saturated rings. The summed E-state index contributed by atoms with van der Waals surface area (Å²) in [6, 6.07) is 0. The lowest BCUT2D eigenvalue weighted by Crippen LogP contribution is -2.41. The number of carboxylic acid groups (broad SMARTS) is 2. The molecule has 9 nitrogen and oxygen atoms in total. The van der Waals surface area contributed by atoms with Gasteiger partial charge in [0.1, 0.15) is 6.61 Å². The minimum Gasteiger partial charge on any atom is -0.480 e. The predicted octanol–water partition coefficient (Wildman–Crippen LogP) is 0.821. The SMILES string of the molecule is CCOC(O)(COCCO)OCC.O=C(O)C1(C(=O)O)CCCCC1. The molecule has 0 atom stereocenters. The standard InChI is InChI=1S/C8H18O5.C8H12O4/c1-3-12-8(10,13-4-2)7-11-6-5-9;9-6(10)8(7(11)12)4-2-1-3-5-8/h9-10H,3-7H2,1-2H3;1-5H2,(H,9,10)(H,11,12). The fraction of sp³-hybridized carbons (Fsp3) is 0.875. The summed E-state index contributed by atoms with van der Waals surface area (Å²) in [6.45, 7) is 4.12. The maximum Gasteiger partial charge on any atom is 0.321 e. The third kappa shape index (κ3) is 8.10. The number of aliphatic carboxylic acids is 2. The van der Waals surface area contributed by atoms with E-state index in [1.807, 2.05) is 0 Å². The minimum atomic E-state index is -1.68. The van der Waals surface area contributed by atoms with Crippen molar-refractivity contribution in [3.63, 3.8) is 0 Å². The summed E-state index contributed by atoms with van der Waals surface area (Å²) in [6.07, 6.45) is 2.91. The van der Waals surface area contributed by atoms with E-state index in [-0.39, 0.29) is 32.7 Å². The summed E-state index contributed by atoms with van der Waals surface area (Å²) in [7, 11) is 0. The smallest absolute Gasteiger partial charge is 0.321 e. The minimum absolute atomic E-state index is 0.0890. The first-order valence-corrected chi connectivity index (χ1v) is 8.43. The summed E-state index contributed by atoms with van der Waals surface area (Å²) in [5.41, 5.74) is -1.49. The molecule has 0 aromatic carbocycles. The molecule has 0 aliphatic heterocycles. The molecule has 0 heterocycles. The van der Waals surface area contributed by atoms with Gasteiger partial charge in [-0.3, -0.25) is 9.59 Å². The molecule has 25 heavy (non-hydrogen) atoms. The molecule has 0 saturated heterocycles. The zero-order valence-corrected chi connectivity index (χ0v) is 14.9. The van der Waals surface area contributed by atoms with Gasteiger partial charge in [0, 0.05) is 13.2 Å². The molecule has 4 N–H and O–H groups in total. The third-order valence-corrected chi connectivity index (χ3v) is 3.79. The molecule has 0 radical (unpaired) electrons. The lowest BCUT2D eigenvalue weighted by molar-refractivity contribution is -0.373. The quantitative estimate of drug-likeness (QED) is 0.251. The predicted molar refractivity (Wildman–Crippen MR) is 86.9 cm³/mol. The number of aliphatic hydroxyl groups is 2. The van der Waals surface area contributed by atoms with Crippen molar-refractivity contribution in [3.8, 4) is 0 Å². The van der Waals surface area contributed by atoms with Crippen LogP contribution in [0.2, 0.25) is 0 Å². The molecule has 1 aliphatic carbocycles. The van der Waals surface area contributed by atoms with Gasteiger partial charge < -0.3 is 34.6 Å². The van der Waals surface area contributed by atoms with E-state index in [2.05, 4.69) is 0 Å². The highest BCUT2D eigenvalue weighted by Crippen LogP contribution is 2.36. The summed E-state index contributed by atoms with van der Waals surface area (Å²) in [5, 5.41) is 35.6. The summed E-state index contributed by atoms with van der Waals surface area (Å²) in [5.74, 6) is -4.05. The first-order chi connectivity index (χ1) is 11.8. The Bertz CT molecular complexity index is 369. The number of aliphatic hydroxyl groups excluding tert-OH is 1. The van der Waals surface area contributed by atoms with E-state index in [1.54, 1.807) is 13.8 Å². The average molecular weight is 366 g/mol. The highest BCUT2D eigenvalue weighted by atomic mass is 16.8. The normalized spacial score (nSPS) is 16.6. The van der Waals surface area contributed by atoms with Crippen LogP contribution in [0.15, 0.2) is 0 Å². The van der Waals surface area contributed by atoms with Crippen LogP contribution < -0.4 is 0 Å². The first kappa shape index (κ1) is 23.7. The number of hydrogen-bond acceptors (Lipinski definition) is 7. The van der Waals surface area contributed by atoms with Gasteiger partial charge in [-0.25, -0.2) is 0 Å². The van der Waals surface area contributed by atoms with E-state index in [9.17, 15) is 14.7 Å². The molecule has 1 saturated carbocycles. The van der Waals surface area contributed by atoms with Gasteiger partial charge in [0.25, 0.3) is 0 Å². The third-order valence-electron chi connectivity index (χ3n) is 3.79. The number of hydrogen-bond donors (Lipinski definition) is 4. The van der Waals surface area contributed by atoms with E-state index in [1.165, 1.54) is 0 Å². The van der Waals surface area contributed by atoms with Gasteiger partial charge in [0.2, 0.25) is 0 Å². The molecule has 1 aliphatic rings. The molecular weight excluding hydrogens is 336 g/mol. The Morgan fingerprint density at radius 3 is 1.80 bits per heavy atom. The lowest BCUT2D eigenvalue weighted by atomic mass is 9.74. The van der Waals surface area contributed by atoms with Crippen molar-refractivity contribution in [2.45, 2.75) is 51.9 Å². The van der Waals surface area contributed by atoms with Gasteiger partial charge in [-0.15, -0.1) is 0 Å². The molecule has 1 rings (SSSR count). The highest BCUT2D eigenvalue weighted by Gasteiger charge is 2.46. The zero-order valence-electron chi connectivity index (χ0n) is 14.9. The van der Waals surface area contributed by atoms with Crippen LogP contribution in [-0.4, -0.2) is 71.4 Å². The Hall–Kier alpha value is -1.26. The summed E-state index contributed by atoms with van der Waals surface area (Å²) in [4.78, 5) is 21.5. The summed E-state index contributed by atoms with van der Waals surface area (Å²) < 4.78 is 14.8. The first-order valence-electron chi connectivity index (χ1n) is 8.43. The van der Waals surface area contributed by atoms with Crippen molar-refractivity contribution in [2.24, 2.45) is 5.41 Å². The molecule has 0 amide bonds. The van der Waals surface area contributed by atoms with Crippen molar-refractivity contribution in [1.82, 2.24) is 0 Å². The van der Waals surface area contributed by atoms with Crippen LogP contribution in [0.3, 0.4) is 0 Å². The van der Waals surface area contributed by atoms with E-state index in [0.717, 1.165) is 6.42 Å². The van der Waals surface area contributed by atoms with Crippen LogP contribution in [0.1, 0.15) is 46.0 Å². The highest BCUT2D eigenvalue weighted by molar-refractivity contribution is 5.98. The lowest BCUT2D eigenvalue weighted by Gasteiger charge is -2.28. The van der Waals surface area contributed by atoms with E-state index in [4.69, 9.17) is 29.5 Å². The largest absolute Gasteiger partial charge is 0.480 e. The van der Waals surface area contributed by atoms with Crippen LogP contribution >= 0.6 is 0 Å². The molecule has 9 heteroatoms. The van der Waals surface area contributed by atoms with Crippen molar-refractivity contribution >= 4 is 11.9 Å². The fourth-order valence-electron chi connectivity index (χ4n) is 2.52. The molecule has 0 bridgehead atoms. The number of carbonyl (C=O) groups is 2. The Kier molecular flexibility index (Phi) is 11.5. The van der Waals surface area contributed by atoms with Crippen LogP contribution in [0.25, 0.3) is 0 Å². The molecule has 148 valence electrons. The number of carboxylic acids is 2. The Balaban J connectivity index is 0.000000462. The Labute approximate surface area is 147 Å². The van der Waals surface area contributed by atoms with E-state index in [0.29, 0.717) is 26.1 Å². The van der Waals surface area contributed by atoms with Gasteiger partial charge in [-0.1, -0.05) is 19.3 Å². The van der Waals surface area contributed by atoms with Gasteiger partial charge >= 0.3 is 17.9 Å². The number of rotatable bonds is 10. The Morgan fingerprint density at radius 2 is 1.48 bits per heavy atom. The van der Waals surface area contributed by atoms with Crippen LogP contribution in [-0.2, 0) is 23.8 Å². The monoisotopic (exact) mass is 366 g/mol. The molecule has 0 aromatic heterocycles. The topological polar surface area (TPSA) is 143 Å². The zero-order chi connectivity index (χ0) is 19.3. The average Bonchev–Trinajstić information content (AvgIpc) is 2.56. The van der Waals surface area contributed by atoms with Gasteiger partial charge in [-0.2, -0.15) is 0 Å². The van der Waals surface area contributed by atoms with E-state index >= 15 is 0 Å². The Morgan fingerprint density at radius 1 is 1.00 bits per heavy atom. The van der Waals surface area contributed by atoms with Crippen molar-refractivity contribution in [3.05, 3.63) is 0 Å². The van der Waals surface area contributed by atoms with Gasteiger partial charge in [0.05, 0.1) is 13.2 Å².